The zero-order chi connectivity index (χ0) is 24.1. The molecule has 1 heterocycles. The van der Waals surface area contributed by atoms with Gasteiger partial charge in [0.05, 0.1) is 12.1 Å². The summed E-state index contributed by atoms with van der Waals surface area (Å²) in [4.78, 5) is 42.2. The van der Waals surface area contributed by atoms with Crippen LogP contribution in [0.3, 0.4) is 0 Å². The Labute approximate surface area is 202 Å². The van der Waals surface area contributed by atoms with Crippen molar-refractivity contribution in [2.24, 2.45) is 0 Å². The maximum Gasteiger partial charge on any atom is 0.248 e. The summed E-state index contributed by atoms with van der Waals surface area (Å²) in [6.45, 7) is 1.44. The van der Waals surface area contributed by atoms with E-state index in [2.05, 4.69) is 5.32 Å². The Morgan fingerprint density at radius 1 is 1.03 bits per heavy atom. The fraction of sp³-hybridized carbons (Fsp3) is 0.296. The molecule has 1 saturated carbocycles. The topological polar surface area (TPSA) is 66.5 Å². The molecule has 2 aromatic carbocycles. The predicted molar refractivity (Wildman–Crippen MR) is 131 cm³/mol. The molecule has 0 radical (unpaired) electrons. The van der Waals surface area contributed by atoms with E-state index in [1.54, 1.807) is 24.3 Å². The number of nitrogens with one attached hydrogen (secondary N) is 1. The van der Waals surface area contributed by atoms with Crippen molar-refractivity contribution < 1.29 is 18.8 Å². The van der Waals surface area contributed by atoms with Crippen LogP contribution >= 0.6 is 11.3 Å². The van der Waals surface area contributed by atoms with E-state index in [0.29, 0.717) is 16.8 Å². The van der Waals surface area contributed by atoms with Gasteiger partial charge in [0.25, 0.3) is 0 Å². The molecule has 2 amide bonds. The van der Waals surface area contributed by atoms with E-state index in [4.69, 9.17) is 0 Å². The maximum absolute atomic E-state index is 13.8. The van der Waals surface area contributed by atoms with Gasteiger partial charge >= 0.3 is 0 Å². The number of amides is 2. The molecule has 176 valence electrons. The van der Waals surface area contributed by atoms with Crippen molar-refractivity contribution in [1.82, 2.24) is 5.32 Å². The van der Waals surface area contributed by atoms with Crippen molar-refractivity contribution in [3.8, 4) is 0 Å². The third-order valence-electron chi connectivity index (χ3n) is 6.11. The van der Waals surface area contributed by atoms with Gasteiger partial charge in [-0.1, -0.05) is 43.2 Å². The summed E-state index contributed by atoms with van der Waals surface area (Å²) in [5.74, 6) is -1.29. The summed E-state index contributed by atoms with van der Waals surface area (Å²) in [7, 11) is 0. The fourth-order valence-electron chi connectivity index (χ4n) is 4.46. The van der Waals surface area contributed by atoms with Crippen LogP contribution in [0.2, 0.25) is 0 Å². The number of hydrogen-bond donors (Lipinski definition) is 1. The summed E-state index contributed by atoms with van der Waals surface area (Å²) in [5.41, 5.74) is 1.20. The summed E-state index contributed by atoms with van der Waals surface area (Å²) >= 11 is 1.45. The molecule has 0 bridgehead atoms. The highest BCUT2D eigenvalue weighted by atomic mass is 32.1. The number of hydrogen-bond acceptors (Lipinski definition) is 4. The molecule has 1 aliphatic carbocycles. The number of benzene rings is 2. The highest BCUT2D eigenvalue weighted by Gasteiger charge is 2.35. The van der Waals surface area contributed by atoms with Crippen LogP contribution in [0.5, 0.6) is 0 Å². The van der Waals surface area contributed by atoms with Crippen LogP contribution in [0.4, 0.5) is 10.1 Å². The standard InChI is InChI=1S/C27H27FN2O3S/c1-18(31)23-10-4-5-11-24(23)30(25(32)17-22-9-6-16-34-22)26(19-12-14-20(28)15-13-19)27(33)29-21-7-2-3-8-21/h4-6,9-16,21,26H,2-3,7-8,17H2,1H3,(H,29,33). The molecule has 1 fully saturated rings. The first-order valence-electron chi connectivity index (χ1n) is 11.4. The quantitative estimate of drug-likeness (QED) is 0.437. The lowest BCUT2D eigenvalue weighted by atomic mass is 9.99. The second kappa shape index (κ2) is 10.7. The fourth-order valence-corrected chi connectivity index (χ4v) is 5.16. The van der Waals surface area contributed by atoms with Gasteiger partial charge in [-0.15, -0.1) is 11.3 Å². The number of para-hydroxylation sites is 1. The molecule has 1 aliphatic rings. The number of ketones is 1. The molecule has 1 atom stereocenters. The minimum absolute atomic E-state index is 0.0350. The molecular formula is C27H27FN2O3S. The van der Waals surface area contributed by atoms with Crippen LogP contribution in [0.15, 0.2) is 66.0 Å². The Morgan fingerprint density at radius 2 is 1.74 bits per heavy atom. The van der Waals surface area contributed by atoms with Crippen LogP contribution < -0.4 is 10.2 Å². The van der Waals surface area contributed by atoms with E-state index in [9.17, 15) is 18.8 Å². The van der Waals surface area contributed by atoms with Crippen molar-refractivity contribution in [3.63, 3.8) is 0 Å². The molecule has 1 N–H and O–H groups in total. The number of thiophene rings is 1. The summed E-state index contributed by atoms with van der Waals surface area (Å²) in [5, 5.41) is 4.99. The number of Topliss-reactive ketones (excluding diaryl/α,β-unsaturated/α-hetero) is 1. The van der Waals surface area contributed by atoms with Crippen LogP contribution in [0, 0.1) is 5.82 Å². The maximum atomic E-state index is 13.8. The van der Waals surface area contributed by atoms with Gasteiger partial charge < -0.3 is 5.32 Å². The summed E-state index contributed by atoms with van der Waals surface area (Å²) in [6.07, 6.45) is 3.93. The highest BCUT2D eigenvalue weighted by molar-refractivity contribution is 7.10. The molecule has 7 heteroatoms. The normalized spacial score (nSPS) is 14.5. The summed E-state index contributed by atoms with van der Waals surface area (Å²) in [6, 6.07) is 15.1. The van der Waals surface area contributed by atoms with E-state index >= 15 is 0 Å². The molecule has 34 heavy (non-hydrogen) atoms. The second-order valence-electron chi connectivity index (χ2n) is 8.54. The molecule has 0 saturated heterocycles. The molecule has 3 aromatic rings. The van der Waals surface area contributed by atoms with Gasteiger partial charge in [0, 0.05) is 16.5 Å². The van der Waals surface area contributed by atoms with Crippen LogP contribution in [0.1, 0.15) is 59.4 Å². The van der Waals surface area contributed by atoms with Crippen molar-refractivity contribution in [1.29, 1.82) is 0 Å². The van der Waals surface area contributed by atoms with E-state index in [1.807, 2.05) is 17.5 Å². The van der Waals surface area contributed by atoms with Gasteiger partial charge in [-0.3, -0.25) is 19.3 Å². The summed E-state index contributed by atoms with van der Waals surface area (Å²) < 4.78 is 13.8. The van der Waals surface area contributed by atoms with E-state index in [1.165, 1.54) is 47.4 Å². The van der Waals surface area contributed by atoms with Crippen LogP contribution in [-0.2, 0) is 16.0 Å². The predicted octanol–water partition coefficient (Wildman–Crippen LogP) is 5.47. The first-order valence-corrected chi connectivity index (χ1v) is 12.3. The largest absolute Gasteiger partial charge is 0.351 e. The zero-order valence-electron chi connectivity index (χ0n) is 19.0. The molecule has 1 unspecified atom stereocenters. The van der Waals surface area contributed by atoms with Gasteiger partial charge in [-0.05, 0) is 61.0 Å². The Bertz CT molecular complexity index is 1150. The Balaban J connectivity index is 1.82. The second-order valence-corrected chi connectivity index (χ2v) is 9.57. The van der Waals surface area contributed by atoms with Gasteiger partial charge in [0.15, 0.2) is 5.78 Å². The van der Waals surface area contributed by atoms with E-state index < -0.39 is 11.9 Å². The first kappa shape index (κ1) is 23.8. The number of rotatable bonds is 8. The number of carbonyl (C=O) groups excluding carboxylic acids is 3. The van der Waals surface area contributed by atoms with Crippen LogP contribution in [-0.4, -0.2) is 23.6 Å². The van der Waals surface area contributed by atoms with Crippen molar-refractivity contribution in [3.05, 3.63) is 87.9 Å². The van der Waals surface area contributed by atoms with Crippen molar-refractivity contribution in [2.75, 3.05) is 4.90 Å². The smallest absolute Gasteiger partial charge is 0.248 e. The third-order valence-corrected chi connectivity index (χ3v) is 6.99. The van der Waals surface area contributed by atoms with E-state index in [-0.39, 0.29) is 30.1 Å². The molecule has 0 aliphatic heterocycles. The third kappa shape index (κ3) is 5.42. The molecule has 0 spiro atoms. The monoisotopic (exact) mass is 478 g/mol. The lowest BCUT2D eigenvalue weighted by Crippen LogP contribution is -2.47. The Morgan fingerprint density at radius 3 is 2.38 bits per heavy atom. The zero-order valence-corrected chi connectivity index (χ0v) is 19.8. The minimum Gasteiger partial charge on any atom is -0.351 e. The lowest BCUT2D eigenvalue weighted by molar-refractivity contribution is -0.127. The minimum atomic E-state index is -1.05. The van der Waals surface area contributed by atoms with Gasteiger partial charge in [-0.25, -0.2) is 4.39 Å². The molecule has 5 nitrogen and oxygen atoms in total. The number of carbonyl (C=O) groups is 3. The van der Waals surface area contributed by atoms with Gasteiger partial charge in [0.2, 0.25) is 11.8 Å². The van der Waals surface area contributed by atoms with Crippen LogP contribution in [0.25, 0.3) is 0 Å². The molecule has 4 rings (SSSR count). The van der Waals surface area contributed by atoms with E-state index in [0.717, 1.165) is 30.6 Å². The van der Waals surface area contributed by atoms with Crippen molar-refractivity contribution in [2.45, 2.75) is 51.1 Å². The first-order chi connectivity index (χ1) is 16.4. The Hall–Kier alpha value is -3.32. The number of anilines is 1. The molecular weight excluding hydrogens is 451 g/mol. The lowest BCUT2D eigenvalue weighted by Gasteiger charge is -2.33. The van der Waals surface area contributed by atoms with Crippen molar-refractivity contribution >= 4 is 34.6 Å². The average Bonchev–Trinajstić information content (AvgIpc) is 3.52. The number of halogens is 1. The van der Waals surface area contributed by atoms with Gasteiger partial charge in [-0.2, -0.15) is 0 Å². The number of nitrogens with zero attached hydrogens (tertiary/aromatic N) is 1. The Kier molecular flexibility index (Phi) is 7.53. The van der Waals surface area contributed by atoms with Gasteiger partial charge in [0.1, 0.15) is 11.9 Å². The average molecular weight is 479 g/mol. The SMILES string of the molecule is CC(=O)c1ccccc1N(C(=O)Cc1cccs1)C(C(=O)NC1CCCC1)c1ccc(F)cc1. The highest BCUT2D eigenvalue weighted by Crippen LogP contribution is 2.33. The molecule has 1 aromatic heterocycles.